The predicted octanol–water partition coefficient (Wildman–Crippen LogP) is 2.49. The molecule has 2 nitrogen and oxygen atoms in total. The smallest absolute Gasteiger partial charge is 0.0370 e. The zero-order chi connectivity index (χ0) is 11.8. The minimum atomic E-state index is 0.761. The van der Waals surface area contributed by atoms with Crippen molar-refractivity contribution in [2.75, 3.05) is 38.1 Å². The molecule has 1 saturated heterocycles. The summed E-state index contributed by atoms with van der Waals surface area (Å²) >= 11 is 0. The maximum atomic E-state index is 2.53. The second kappa shape index (κ2) is 4.34. The van der Waals surface area contributed by atoms with Gasteiger partial charge >= 0.3 is 0 Å². The van der Waals surface area contributed by atoms with E-state index in [-0.39, 0.29) is 0 Å². The first-order chi connectivity index (χ1) is 8.24. The summed E-state index contributed by atoms with van der Waals surface area (Å²) in [6.45, 7) is 7.08. The maximum Gasteiger partial charge on any atom is 0.0370 e. The van der Waals surface area contributed by atoms with E-state index in [1.807, 2.05) is 0 Å². The molecule has 17 heavy (non-hydrogen) atoms. The Morgan fingerprint density at radius 1 is 1.12 bits per heavy atom. The van der Waals surface area contributed by atoms with Gasteiger partial charge in [-0.3, -0.25) is 0 Å². The van der Waals surface area contributed by atoms with Crippen molar-refractivity contribution in [2.45, 2.75) is 25.7 Å². The summed E-state index contributed by atoms with van der Waals surface area (Å²) in [6, 6.07) is 7.12. The number of likely N-dealkylation sites (N-methyl/N-ethyl adjacent to an activating group) is 1. The summed E-state index contributed by atoms with van der Waals surface area (Å²) < 4.78 is 0. The summed E-state index contributed by atoms with van der Waals surface area (Å²) in [5.41, 5.74) is 4.61. The van der Waals surface area contributed by atoms with Gasteiger partial charge in [-0.05, 0) is 49.1 Å². The Labute approximate surface area is 104 Å². The lowest BCUT2D eigenvalue weighted by Crippen LogP contribution is -2.44. The van der Waals surface area contributed by atoms with Crippen LogP contribution in [0, 0.1) is 0 Å². The van der Waals surface area contributed by atoms with Crippen molar-refractivity contribution in [2.24, 2.45) is 0 Å². The fraction of sp³-hybridized carbons (Fsp3) is 0.600. The van der Waals surface area contributed by atoms with Gasteiger partial charge in [0.2, 0.25) is 0 Å². The molecule has 1 heterocycles. The standard InChI is InChI=1S/C15H22N2/c1-12-3-4-13-5-6-14(11-15(12)13)17-9-7-16(2)8-10-17/h5-6,11-12H,3-4,7-10H2,1-2H3. The molecule has 2 heteroatoms. The molecule has 0 bridgehead atoms. The molecule has 0 spiro atoms. The van der Waals surface area contributed by atoms with Crippen LogP contribution in [0.5, 0.6) is 0 Å². The fourth-order valence-electron chi connectivity index (χ4n) is 3.06. The summed E-state index contributed by atoms with van der Waals surface area (Å²) in [4.78, 5) is 4.94. The number of aryl methyl sites for hydroxylation is 1. The molecule has 1 aromatic rings. The number of hydrogen-bond acceptors (Lipinski definition) is 2. The third kappa shape index (κ3) is 2.06. The zero-order valence-electron chi connectivity index (χ0n) is 10.9. The van der Waals surface area contributed by atoms with E-state index in [1.165, 1.54) is 44.7 Å². The lowest BCUT2D eigenvalue weighted by molar-refractivity contribution is 0.313. The molecule has 1 aliphatic heterocycles. The molecule has 1 atom stereocenters. The third-order valence-electron chi connectivity index (χ3n) is 4.38. The normalized spacial score (nSPS) is 25.1. The van der Waals surface area contributed by atoms with Crippen LogP contribution in [0.1, 0.15) is 30.4 Å². The van der Waals surface area contributed by atoms with E-state index in [9.17, 15) is 0 Å². The molecule has 0 amide bonds. The zero-order valence-corrected chi connectivity index (χ0v) is 10.9. The molecular formula is C15H22N2. The largest absolute Gasteiger partial charge is 0.369 e. The molecule has 1 unspecified atom stereocenters. The van der Waals surface area contributed by atoms with E-state index in [1.54, 1.807) is 11.1 Å². The minimum absolute atomic E-state index is 0.761. The van der Waals surface area contributed by atoms with E-state index in [4.69, 9.17) is 0 Å². The van der Waals surface area contributed by atoms with Gasteiger partial charge in [0, 0.05) is 31.9 Å². The second-order valence-electron chi connectivity index (χ2n) is 5.61. The molecule has 1 aromatic carbocycles. The van der Waals surface area contributed by atoms with Crippen molar-refractivity contribution < 1.29 is 0 Å². The average molecular weight is 230 g/mol. The first-order valence-electron chi connectivity index (χ1n) is 6.80. The highest BCUT2D eigenvalue weighted by molar-refractivity contribution is 5.53. The first-order valence-corrected chi connectivity index (χ1v) is 6.80. The van der Waals surface area contributed by atoms with Gasteiger partial charge in [0.1, 0.15) is 0 Å². The van der Waals surface area contributed by atoms with E-state index in [2.05, 4.69) is 42.0 Å². The molecule has 0 aromatic heterocycles. The first kappa shape index (κ1) is 11.1. The summed E-state index contributed by atoms with van der Waals surface area (Å²) in [5, 5.41) is 0. The van der Waals surface area contributed by atoms with Crippen LogP contribution in [0.15, 0.2) is 18.2 Å². The Hall–Kier alpha value is -1.02. The molecule has 0 radical (unpaired) electrons. The Morgan fingerprint density at radius 2 is 1.88 bits per heavy atom. The fourth-order valence-corrected chi connectivity index (χ4v) is 3.06. The van der Waals surface area contributed by atoms with Gasteiger partial charge in [0.15, 0.2) is 0 Å². The summed E-state index contributed by atoms with van der Waals surface area (Å²) in [6.07, 6.45) is 2.61. The quantitative estimate of drug-likeness (QED) is 0.731. The van der Waals surface area contributed by atoms with Crippen LogP contribution in [0.3, 0.4) is 0 Å². The second-order valence-corrected chi connectivity index (χ2v) is 5.61. The van der Waals surface area contributed by atoms with E-state index >= 15 is 0 Å². The van der Waals surface area contributed by atoms with Gasteiger partial charge in [-0.1, -0.05) is 13.0 Å². The number of hydrogen-bond donors (Lipinski definition) is 0. The average Bonchev–Trinajstić information content (AvgIpc) is 2.72. The number of nitrogens with zero attached hydrogens (tertiary/aromatic N) is 2. The van der Waals surface area contributed by atoms with Crippen LogP contribution in [0.4, 0.5) is 5.69 Å². The van der Waals surface area contributed by atoms with Crippen molar-refractivity contribution >= 4 is 5.69 Å². The molecule has 0 N–H and O–H groups in total. The van der Waals surface area contributed by atoms with Gasteiger partial charge in [-0.15, -0.1) is 0 Å². The van der Waals surface area contributed by atoms with Crippen LogP contribution in [-0.4, -0.2) is 38.1 Å². The van der Waals surface area contributed by atoms with Crippen LogP contribution in [0.2, 0.25) is 0 Å². The Morgan fingerprint density at radius 3 is 2.65 bits per heavy atom. The highest BCUT2D eigenvalue weighted by Gasteiger charge is 2.21. The number of piperazine rings is 1. The van der Waals surface area contributed by atoms with Crippen LogP contribution in [0.25, 0.3) is 0 Å². The number of fused-ring (bicyclic) bond motifs is 1. The lowest BCUT2D eigenvalue weighted by atomic mass is 10.0. The highest BCUT2D eigenvalue weighted by Crippen LogP contribution is 2.35. The van der Waals surface area contributed by atoms with Crippen molar-refractivity contribution in [3.8, 4) is 0 Å². The van der Waals surface area contributed by atoms with Crippen molar-refractivity contribution in [3.05, 3.63) is 29.3 Å². The summed E-state index contributed by atoms with van der Waals surface area (Å²) in [7, 11) is 2.21. The topological polar surface area (TPSA) is 6.48 Å². The number of benzene rings is 1. The Kier molecular flexibility index (Phi) is 2.83. The summed E-state index contributed by atoms with van der Waals surface area (Å²) in [5.74, 6) is 0.761. The van der Waals surface area contributed by atoms with Crippen LogP contribution < -0.4 is 4.90 Å². The Bertz CT molecular complexity index is 405. The molecule has 3 rings (SSSR count). The number of rotatable bonds is 1. The van der Waals surface area contributed by atoms with E-state index < -0.39 is 0 Å². The lowest BCUT2D eigenvalue weighted by Gasteiger charge is -2.34. The van der Waals surface area contributed by atoms with Crippen molar-refractivity contribution in [1.29, 1.82) is 0 Å². The molecule has 1 aliphatic carbocycles. The van der Waals surface area contributed by atoms with Gasteiger partial charge in [-0.25, -0.2) is 0 Å². The van der Waals surface area contributed by atoms with Crippen LogP contribution in [-0.2, 0) is 6.42 Å². The molecule has 1 fully saturated rings. The van der Waals surface area contributed by atoms with Gasteiger partial charge in [0.05, 0.1) is 0 Å². The highest BCUT2D eigenvalue weighted by atomic mass is 15.2. The number of anilines is 1. The van der Waals surface area contributed by atoms with Crippen molar-refractivity contribution in [3.63, 3.8) is 0 Å². The monoisotopic (exact) mass is 230 g/mol. The molecular weight excluding hydrogens is 208 g/mol. The molecule has 0 saturated carbocycles. The maximum absolute atomic E-state index is 2.53. The molecule has 92 valence electrons. The van der Waals surface area contributed by atoms with Crippen molar-refractivity contribution in [1.82, 2.24) is 4.90 Å². The Balaban J connectivity index is 1.82. The van der Waals surface area contributed by atoms with Gasteiger partial charge in [-0.2, -0.15) is 0 Å². The van der Waals surface area contributed by atoms with Gasteiger partial charge in [0.25, 0.3) is 0 Å². The van der Waals surface area contributed by atoms with Gasteiger partial charge < -0.3 is 9.80 Å². The third-order valence-corrected chi connectivity index (χ3v) is 4.38. The molecule has 2 aliphatic rings. The predicted molar refractivity (Wildman–Crippen MR) is 72.9 cm³/mol. The minimum Gasteiger partial charge on any atom is -0.369 e. The van der Waals surface area contributed by atoms with Crippen LogP contribution >= 0.6 is 0 Å². The van der Waals surface area contributed by atoms with E-state index in [0.29, 0.717) is 0 Å². The van der Waals surface area contributed by atoms with E-state index in [0.717, 1.165) is 5.92 Å². The SMILES string of the molecule is CC1CCc2ccc(N3CCN(C)CC3)cc21.